The van der Waals surface area contributed by atoms with Crippen molar-refractivity contribution in [2.24, 2.45) is 0 Å². The maximum absolute atomic E-state index is 5.91. The van der Waals surface area contributed by atoms with E-state index < -0.39 is 0 Å². The van der Waals surface area contributed by atoms with Crippen molar-refractivity contribution in [3.8, 4) is 0 Å². The molecule has 3 rings (SSSR count). The Labute approximate surface area is 123 Å². The van der Waals surface area contributed by atoms with Gasteiger partial charge in [0.15, 0.2) is 0 Å². The van der Waals surface area contributed by atoms with E-state index in [1.54, 1.807) is 11.3 Å². The normalized spacial score (nSPS) is 14.8. The number of halogens is 1. The summed E-state index contributed by atoms with van der Waals surface area (Å²) in [7, 11) is 0. The fourth-order valence-corrected chi connectivity index (χ4v) is 3.51. The van der Waals surface area contributed by atoms with Crippen LogP contribution in [0.5, 0.6) is 0 Å². The number of hydrogen-bond acceptors (Lipinski definition) is 3. The van der Waals surface area contributed by atoms with E-state index in [0.717, 1.165) is 37.1 Å². The lowest BCUT2D eigenvalue weighted by Gasteiger charge is -2.14. The topological polar surface area (TPSA) is 15.3 Å². The van der Waals surface area contributed by atoms with Gasteiger partial charge in [0.05, 0.1) is 4.34 Å². The molecule has 0 fully saturated rings. The van der Waals surface area contributed by atoms with Gasteiger partial charge in [-0.25, -0.2) is 0 Å². The summed E-state index contributed by atoms with van der Waals surface area (Å²) in [6.45, 7) is 5.20. The van der Waals surface area contributed by atoms with E-state index in [-0.39, 0.29) is 0 Å². The predicted octanol–water partition coefficient (Wildman–Crippen LogP) is 3.51. The molecule has 2 aromatic rings. The number of hydrogen-bond donors (Lipinski definition) is 1. The largest absolute Gasteiger partial charge is 0.311 e. The van der Waals surface area contributed by atoms with Gasteiger partial charge in [-0.1, -0.05) is 35.9 Å². The smallest absolute Gasteiger partial charge is 0.0931 e. The Morgan fingerprint density at radius 3 is 2.47 bits per heavy atom. The summed E-state index contributed by atoms with van der Waals surface area (Å²) < 4.78 is 0.867. The van der Waals surface area contributed by atoms with Crippen molar-refractivity contribution in [2.75, 3.05) is 13.1 Å². The summed E-state index contributed by atoms with van der Waals surface area (Å²) in [5.74, 6) is 0. The van der Waals surface area contributed by atoms with Crippen LogP contribution in [0.2, 0.25) is 4.34 Å². The number of benzene rings is 1. The highest BCUT2D eigenvalue weighted by atomic mass is 35.5. The Kier molecular flexibility index (Phi) is 4.18. The number of thiophene rings is 1. The van der Waals surface area contributed by atoms with Gasteiger partial charge in [-0.3, -0.25) is 4.90 Å². The third-order valence-electron chi connectivity index (χ3n) is 3.44. The lowest BCUT2D eigenvalue weighted by Crippen LogP contribution is -2.28. The van der Waals surface area contributed by atoms with E-state index in [1.165, 1.54) is 16.0 Å². The maximum Gasteiger partial charge on any atom is 0.0931 e. The van der Waals surface area contributed by atoms with Crippen LogP contribution in [0.4, 0.5) is 0 Å². The first kappa shape index (κ1) is 13.1. The highest BCUT2D eigenvalue weighted by molar-refractivity contribution is 7.16. The first-order chi connectivity index (χ1) is 9.31. The second-order valence-electron chi connectivity index (χ2n) is 4.86. The van der Waals surface area contributed by atoms with Gasteiger partial charge in [-0.15, -0.1) is 11.3 Å². The molecule has 0 amide bonds. The van der Waals surface area contributed by atoms with Crippen LogP contribution < -0.4 is 5.32 Å². The number of rotatable bonds is 5. The number of nitrogens with zero attached hydrogens (tertiary/aromatic N) is 1. The Hall–Kier alpha value is -0.870. The molecule has 0 aliphatic carbocycles. The molecular formula is C15H17ClN2S. The van der Waals surface area contributed by atoms with Crippen LogP contribution in [-0.2, 0) is 19.6 Å². The predicted molar refractivity (Wildman–Crippen MR) is 81.6 cm³/mol. The second kappa shape index (κ2) is 6.06. The molecular weight excluding hydrogens is 276 g/mol. The molecule has 1 N–H and O–H groups in total. The van der Waals surface area contributed by atoms with Gasteiger partial charge in [0.2, 0.25) is 0 Å². The third-order valence-corrected chi connectivity index (χ3v) is 4.67. The van der Waals surface area contributed by atoms with Gasteiger partial charge >= 0.3 is 0 Å². The molecule has 0 bridgehead atoms. The zero-order valence-electron chi connectivity index (χ0n) is 10.7. The fourth-order valence-electron chi connectivity index (χ4n) is 2.46. The number of fused-ring (bicyclic) bond motifs is 1. The van der Waals surface area contributed by atoms with Crippen molar-refractivity contribution in [3.63, 3.8) is 0 Å². The molecule has 1 aromatic carbocycles. The molecule has 0 saturated carbocycles. The lowest BCUT2D eigenvalue weighted by molar-refractivity contribution is 0.283. The summed E-state index contributed by atoms with van der Waals surface area (Å²) >= 11 is 7.56. The average Bonchev–Trinajstić information content (AvgIpc) is 3.00. The SMILES string of the molecule is Clc1ccc(CNCCN2Cc3ccccc3C2)s1. The van der Waals surface area contributed by atoms with Gasteiger partial charge in [0.25, 0.3) is 0 Å². The van der Waals surface area contributed by atoms with E-state index in [4.69, 9.17) is 11.6 Å². The second-order valence-corrected chi connectivity index (χ2v) is 6.66. The van der Waals surface area contributed by atoms with Crippen LogP contribution in [-0.4, -0.2) is 18.0 Å². The Morgan fingerprint density at radius 1 is 1.11 bits per heavy atom. The zero-order chi connectivity index (χ0) is 13.1. The van der Waals surface area contributed by atoms with Gasteiger partial charge in [-0.2, -0.15) is 0 Å². The molecule has 1 aliphatic heterocycles. The van der Waals surface area contributed by atoms with Crippen molar-refractivity contribution in [3.05, 3.63) is 56.7 Å². The first-order valence-corrected chi connectivity index (χ1v) is 7.75. The summed E-state index contributed by atoms with van der Waals surface area (Å²) in [6.07, 6.45) is 0. The minimum atomic E-state index is 0.867. The van der Waals surface area contributed by atoms with Crippen LogP contribution >= 0.6 is 22.9 Å². The van der Waals surface area contributed by atoms with Crippen LogP contribution in [0, 0.1) is 0 Å². The van der Waals surface area contributed by atoms with Crippen molar-refractivity contribution in [2.45, 2.75) is 19.6 Å². The van der Waals surface area contributed by atoms with Gasteiger partial charge in [0.1, 0.15) is 0 Å². The molecule has 4 heteroatoms. The van der Waals surface area contributed by atoms with Crippen molar-refractivity contribution in [1.29, 1.82) is 0 Å². The van der Waals surface area contributed by atoms with Crippen molar-refractivity contribution in [1.82, 2.24) is 10.2 Å². The molecule has 0 radical (unpaired) electrons. The molecule has 2 heterocycles. The molecule has 0 spiro atoms. The van der Waals surface area contributed by atoms with Gasteiger partial charge < -0.3 is 5.32 Å². The molecule has 2 nitrogen and oxygen atoms in total. The monoisotopic (exact) mass is 292 g/mol. The quantitative estimate of drug-likeness (QED) is 0.849. The van der Waals surface area contributed by atoms with Crippen molar-refractivity contribution < 1.29 is 0 Å². The Morgan fingerprint density at radius 2 is 1.84 bits per heavy atom. The highest BCUT2D eigenvalue weighted by Crippen LogP contribution is 2.22. The molecule has 1 aromatic heterocycles. The minimum absolute atomic E-state index is 0.867. The standard InChI is InChI=1S/C15H17ClN2S/c16-15-6-5-14(19-15)9-17-7-8-18-10-12-3-1-2-4-13(12)11-18/h1-6,17H,7-11H2. The fraction of sp³-hybridized carbons (Fsp3) is 0.333. The van der Waals surface area contributed by atoms with E-state index >= 15 is 0 Å². The minimum Gasteiger partial charge on any atom is -0.311 e. The Bertz CT molecular complexity index is 528. The lowest BCUT2D eigenvalue weighted by atomic mass is 10.1. The number of nitrogens with one attached hydrogen (secondary N) is 1. The van der Waals surface area contributed by atoms with Crippen molar-refractivity contribution >= 4 is 22.9 Å². The van der Waals surface area contributed by atoms with E-state index in [1.807, 2.05) is 6.07 Å². The third kappa shape index (κ3) is 3.37. The summed E-state index contributed by atoms with van der Waals surface area (Å²) in [6, 6.07) is 12.8. The van der Waals surface area contributed by atoms with Crippen LogP contribution in [0.25, 0.3) is 0 Å². The van der Waals surface area contributed by atoms with E-state index in [0.29, 0.717) is 0 Å². The highest BCUT2D eigenvalue weighted by Gasteiger charge is 2.17. The molecule has 19 heavy (non-hydrogen) atoms. The molecule has 0 saturated heterocycles. The zero-order valence-corrected chi connectivity index (χ0v) is 12.3. The summed E-state index contributed by atoms with van der Waals surface area (Å²) in [5.41, 5.74) is 2.96. The van der Waals surface area contributed by atoms with E-state index in [2.05, 4.69) is 40.5 Å². The van der Waals surface area contributed by atoms with Crippen LogP contribution in [0.15, 0.2) is 36.4 Å². The summed E-state index contributed by atoms with van der Waals surface area (Å²) in [5, 5.41) is 3.48. The molecule has 0 atom stereocenters. The van der Waals surface area contributed by atoms with Gasteiger partial charge in [0, 0.05) is 37.6 Å². The average molecular weight is 293 g/mol. The maximum atomic E-state index is 5.91. The molecule has 100 valence electrons. The van der Waals surface area contributed by atoms with Crippen LogP contribution in [0.3, 0.4) is 0 Å². The first-order valence-electron chi connectivity index (χ1n) is 6.55. The summed E-state index contributed by atoms with van der Waals surface area (Å²) in [4.78, 5) is 3.79. The van der Waals surface area contributed by atoms with Crippen LogP contribution in [0.1, 0.15) is 16.0 Å². The molecule has 1 aliphatic rings. The van der Waals surface area contributed by atoms with Gasteiger partial charge in [-0.05, 0) is 23.3 Å². The van der Waals surface area contributed by atoms with E-state index in [9.17, 15) is 0 Å². The Balaban J connectivity index is 1.40. The molecule has 0 unspecified atom stereocenters.